The van der Waals surface area contributed by atoms with Crippen molar-refractivity contribution in [1.29, 1.82) is 0 Å². The maximum Gasteiger partial charge on any atom is 0.218 e. The molecule has 2 aromatic carbocycles. The Bertz CT molecular complexity index is 1160. The Hall–Kier alpha value is -3.60. The highest BCUT2D eigenvalue weighted by Crippen LogP contribution is 2.34. The van der Waals surface area contributed by atoms with Gasteiger partial charge in [-0.3, -0.25) is 9.69 Å². The van der Waals surface area contributed by atoms with Crippen LogP contribution in [0.5, 0.6) is 0 Å². The predicted molar refractivity (Wildman–Crippen MR) is 119 cm³/mol. The molecule has 29 heavy (non-hydrogen) atoms. The molecule has 0 bridgehead atoms. The summed E-state index contributed by atoms with van der Waals surface area (Å²) in [5.74, 6) is 0.617. The highest BCUT2D eigenvalue weighted by Gasteiger charge is 2.18. The standard InChI is InChI=1S/C24H24N4O/c1-24(2,3)18-6-4-7-20(14-18)28(16-29)22-8-5-12-26-23(22)27-19-10-9-17-11-13-25-21(17)15-19/h4-16,25H,1-3H3,(H,26,27). The van der Waals surface area contributed by atoms with E-state index in [1.54, 1.807) is 11.1 Å². The first kappa shape index (κ1) is 18.7. The van der Waals surface area contributed by atoms with Crippen molar-refractivity contribution >= 4 is 40.2 Å². The molecule has 0 aliphatic carbocycles. The zero-order chi connectivity index (χ0) is 20.4. The van der Waals surface area contributed by atoms with Crippen LogP contribution in [0.15, 0.2) is 73.1 Å². The van der Waals surface area contributed by atoms with Crippen LogP contribution in [0.1, 0.15) is 26.3 Å². The minimum absolute atomic E-state index is 0.00790. The van der Waals surface area contributed by atoms with E-state index in [-0.39, 0.29) is 5.41 Å². The number of fused-ring (bicyclic) bond motifs is 1. The number of carbonyl (C=O) groups is 1. The van der Waals surface area contributed by atoms with Crippen LogP contribution in [0.4, 0.5) is 22.9 Å². The molecule has 1 amide bonds. The highest BCUT2D eigenvalue weighted by molar-refractivity contribution is 5.92. The van der Waals surface area contributed by atoms with Gasteiger partial charge in [0, 0.05) is 29.3 Å². The van der Waals surface area contributed by atoms with Gasteiger partial charge >= 0.3 is 0 Å². The van der Waals surface area contributed by atoms with E-state index < -0.39 is 0 Å². The number of aromatic amines is 1. The number of aromatic nitrogens is 2. The second-order valence-electron chi connectivity index (χ2n) is 8.05. The predicted octanol–water partition coefficient (Wildman–Crippen LogP) is 5.90. The zero-order valence-electron chi connectivity index (χ0n) is 16.8. The molecule has 0 saturated carbocycles. The van der Waals surface area contributed by atoms with Crippen LogP contribution in [0, 0.1) is 0 Å². The second kappa shape index (κ2) is 7.43. The van der Waals surface area contributed by atoms with Crippen molar-refractivity contribution in [2.24, 2.45) is 0 Å². The van der Waals surface area contributed by atoms with E-state index in [2.05, 4.69) is 48.2 Å². The average Bonchev–Trinajstić information content (AvgIpc) is 3.17. The summed E-state index contributed by atoms with van der Waals surface area (Å²) in [6.45, 7) is 6.47. The molecule has 5 nitrogen and oxygen atoms in total. The lowest BCUT2D eigenvalue weighted by molar-refractivity contribution is -0.106. The van der Waals surface area contributed by atoms with Crippen molar-refractivity contribution in [3.63, 3.8) is 0 Å². The first-order chi connectivity index (χ1) is 14.0. The number of H-pyrrole nitrogens is 1. The summed E-state index contributed by atoms with van der Waals surface area (Å²) in [4.78, 5) is 21.4. The lowest BCUT2D eigenvalue weighted by Crippen LogP contribution is -2.18. The van der Waals surface area contributed by atoms with Gasteiger partial charge in [0.25, 0.3) is 0 Å². The summed E-state index contributed by atoms with van der Waals surface area (Å²) in [5, 5.41) is 4.50. The Labute approximate surface area is 170 Å². The molecule has 0 saturated heterocycles. The minimum atomic E-state index is -0.00790. The number of hydrogen-bond acceptors (Lipinski definition) is 3. The maximum absolute atomic E-state index is 12.1. The van der Waals surface area contributed by atoms with Crippen LogP contribution in [0.3, 0.4) is 0 Å². The Balaban J connectivity index is 1.72. The summed E-state index contributed by atoms with van der Waals surface area (Å²) in [7, 11) is 0. The van der Waals surface area contributed by atoms with Crippen molar-refractivity contribution < 1.29 is 4.79 Å². The van der Waals surface area contributed by atoms with E-state index in [9.17, 15) is 4.79 Å². The van der Waals surface area contributed by atoms with Crippen LogP contribution in [-0.4, -0.2) is 16.4 Å². The second-order valence-corrected chi connectivity index (χ2v) is 8.05. The fourth-order valence-electron chi connectivity index (χ4n) is 3.33. The van der Waals surface area contributed by atoms with Gasteiger partial charge in [0.05, 0.1) is 5.69 Å². The lowest BCUT2D eigenvalue weighted by Gasteiger charge is -2.24. The molecule has 0 unspecified atom stereocenters. The summed E-state index contributed by atoms with van der Waals surface area (Å²) in [5.41, 5.74) is 4.60. The molecule has 2 aromatic heterocycles. The van der Waals surface area contributed by atoms with Crippen molar-refractivity contribution in [3.05, 3.63) is 78.6 Å². The zero-order valence-corrected chi connectivity index (χ0v) is 16.8. The number of pyridine rings is 1. The van der Waals surface area contributed by atoms with Crippen LogP contribution in [0.2, 0.25) is 0 Å². The van der Waals surface area contributed by atoms with Crippen LogP contribution < -0.4 is 10.2 Å². The van der Waals surface area contributed by atoms with Crippen molar-refractivity contribution in [2.75, 3.05) is 10.2 Å². The molecule has 5 heteroatoms. The van der Waals surface area contributed by atoms with Crippen molar-refractivity contribution in [2.45, 2.75) is 26.2 Å². The minimum Gasteiger partial charge on any atom is -0.361 e. The molecule has 4 aromatic rings. The largest absolute Gasteiger partial charge is 0.361 e. The topological polar surface area (TPSA) is 61.0 Å². The molecule has 0 atom stereocenters. The van der Waals surface area contributed by atoms with E-state index in [0.29, 0.717) is 11.5 Å². The highest BCUT2D eigenvalue weighted by atomic mass is 16.1. The number of anilines is 4. The molecule has 146 valence electrons. The third kappa shape index (κ3) is 3.85. The molecular weight excluding hydrogens is 360 g/mol. The number of nitrogens with zero attached hydrogens (tertiary/aromatic N) is 2. The fourth-order valence-corrected chi connectivity index (χ4v) is 3.33. The molecule has 0 aliphatic heterocycles. The van der Waals surface area contributed by atoms with Gasteiger partial charge in [-0.1, -0.05) is 39.0 Å². The van der Waals surface area contributed by atoms with Gasteiger partial charge in [0.15, 0.2) is 5.82 Å². The summed E-state index contributed by atoms with van der Waals surface area (Å²) >= 11 is 0. The van der Waals surface area contributed by atoms with Crippen LogP contribution in [0.25, 0.3) is 10.9 Å². The quantitative estimate of drug-likeness (QED) is 0.421. The number of benzene rings is 2. The average molecular weight is 384 g/mol. The number of hydrogen-bond donors (Lipinski definition) is 2. The number of rotatable bonds is 5. The van der Waals surface area contributed by atoms with Crippen LogP contribution in [-0.2, 0) is 10.2 Å². The van der Waals surface area contributed by atoms with Gasteiger partial charge < -0.3 is 10.3 Å². The molecule has 0 radical (unpaired) electrons. The van der Waals surface area contributed by atoms with E-state index in [4.69, 9.17) is 0 Å². The van der Waals surface area contributed by atoms with Crippen molar-refractivity contribution in [1.82, 2.24) is 9.97 Å². The molecular formula is C24H24N4O. The third-order valence-corrected chi connectivity index (χ3v) is 4.96. The van der Waals surface area contributed by atoms with Gasteiger partial charge in [-0.05, 0) is 58.8 Å². The Morgan fingerprint density at radius 1 is 1.03 bits per heavy atom. The Morgan fingerprint density at radius 2 is 1.90 bits per heavy atom. The van der Waals surface area contributed by atoms with Crippen LogP contribution >= 0.6 is 0 Å². The summed E-state index contributed by atoms with van der Waals surface area (Å²) < 4.78 is 0. The fraction of sp³-hybridized carbons (Fsp3) is 0.167. The Morgan fingerprint density at radius 3 is 2.69 bits per heavy atom. The Kier molecular flexibility index (Phi) is 4.80. The smallest absolute Gasteiger partial charge is 0.218 e. The number of amides is 1. The lowest BCUT2D eigenvalue weighted by atomic mass is 9.87. The molecule has 4 rings (SSSR count). The van der Waals surface area contributed by atoms with E-state index in [1.807, 2.05) is 54.7 Å². The van der Waals surface area contributed by atoms with Gasteiger partial charge in [0.2, 0.25) is 6.41 Å². The molecule has 2 heterocycles. The van der Waals surface area contributed by atoms with E-state index in [1.165, 1.54) is 0 Å². The molecule has 0 spiro atoms. The van der Waals surface area contributed by atoms with Gasteiger partial charge in [-0.2, -0.15) is 0 Å². The van der Waals surface area contributed by atoms with E-state index in [0.717, 1.165) is 34.3 Å². The van der Waals surface area contributed by atoms with Gasteiger partial charge in [-0.25, -0.2) is 4.98 Å². The first-order valence-electron chi connectivity index (χ1n) is 9.60. The first-order valence-corrected chi connectivity index (χ1v) is 9.60. The summed E-state index contributed by atoms with van der Waals surface area (Å²) in [6, 6.07) is 19.9. The molecule has 0 fully saturated rings. The van der Waals surface area contributed by atoms with Crippen molar-refractivity contribution in [3.8, 4) is 0 Å². The number of nitrogens with one attached hydrogen (secondary N) is 2. The van der Waals surface area contributed by atoms with Gasteiger partial charge in [-0.15, -0.1) is 0 Å². The van der Waals surface area contributed by atoms with E-state index >= 15 is 0 Å². The SMILES string of the molecule is CC(C)(C)c1cccc(N(C=O)c2cccnc2Nc2ccc3cc[nH]c3c2)c1. The monoisotopic (exact) mass is 384 g/mol. The maximum atomic E-state index is 12.1. The normalized spacial score (nSPS) is 11.4. The number of carbonyl (C=O) groups excluding carboxylic acids is 1. The molecule has 2 N–H and O–H groups in total. The molecule has 0 aliphatic rings. The summed E-state index contributed by atoms with van der Waals surface area (Å²) in [6.07, 6.45) is 4.46. The third-order valence-electron chi connectivity index (χ3n) is 4.96. The van der Waals surface area contributed by atoms with Gasteiger partial charge in [0.1, 0.15) is 0 Å².